The van der Waals surface area contributed by atoms with E-state index in [0.29, 0.717) is 44.0 Å². The van der Waals surface area contributed by atoms with E-state index in [2.05, 4.69) is 6.58 Å². The van der Waals surface area contributed by atoms with Gasteiger partial charge in [-0.2, -0.15) is 4.31 Å². The van der Waals surface area contributed by atoms with Crippen LogP contribution in [0.25, 0.3) is 0 Å². The first-order valence-corrected chi connectivity index (χ1v) is 12.0. The number of hydrogen-bond donors (Lipinski definition) is 0. The first kappa shape index (κ1) is 23.8. The highest BCUT2D eigenvalue weighted by Gasteiger charge is 2.28. The van der Waals surface area contributed by atoms with Gasteiger partial charge in [0, 0.05) is 26.2 Å². The van der Waals surface area contributed by atoms with Crippen LogP contribution < -0.4 is 9.47 Å². The molecule has 1 heterocycles. The van der Waals surface area contributed by atoms with Crippen molar-refractivity contribution >= 4 is 15.9 Å². The van der Waals surface area contributed by atoms with Gasteiger partial charge in [0.2, 0.25) is 10.0 Å². The van der Waals surface area contributed by atoms with Crippen LogP contribution in [0.2, 0.25) is 0 Å². The molecule has 3 rings (SSSR count). The van der Waals surface area contributed by atoms with E-state index in [4.69, 9.17) is 9.47 Å². The minimum absolute atomic E-state index is 0.137. The summed E-state index contributed by atoms with van der Waals surface area (Å²) in [4.78, 5) is 14.7. The molecule has 2 aromatic rings. The monoisotopic (exact) mass is 458 g/mol. The van der Waals surface area contributed by atoms with Crippen LogP contribution in [-0.2, 0) is 21.2 Å². The number of hydrogen-bond acceptors (Lipinski definition) is 5. The van der Waals surface area contributed by atoms with Crippen LogP contribution >= 0.6 is 0 Å². The van der Waals surface area contributed by atoms with Crippen molar-refractivity contribution < 1.29 is 22.7 Å². The molecule has 7 nitrogen and oxygen atoms in total. The average Bonchev–Trinajstić information content (AvgIpc) is 3.05. The molecule has 0 unspecified atom stereocenters. The number of allylic oxidation sites excluding steroid dienone is 1. The Hall–Kier alpha value is -2.84. The first-order chi connectivity index (χ1) is 15.3. The van der Waals surface area contributed by atoms with Crippen LogP contribution in [0.1, 0.15) is 17.5 Å². The highest BCUT2D eigenvalue weighted by Crippen LogP contribution is 2.28. The smallest absolute Gasteiger partial charge is 0.260 e. The third kappa shape index (κ3) is 5.69. The van der Waals surface area contributed by atoms with Crippen molar-refractivity contribution in [3.05, 3.63) is 66.2 Å². The number of carbonyl (C=O) groups excluding carboxylic acids is 1. The molecule has 0 spiro atoms. The number of carbonyl (C=O) groups is 1. The topological polar surface area (TPSA) is 76.2 Å². The fourth-order valence-electron chi connectivity index (χ4n) is 3.60. The molecule has 0 N–H and O–H groups in total. The summed E-state index contributed by atoms with van der Waals surface area (Å²) in [7, 11) is -2.03. The van der Waals surface area contributed by atoms with E-state index < -0.39 is 10.0 Å². The van der Waals surface area contributed by atoms with E-state index in [1.165, 1.54) is 4.31 Å². The molecule has 0 atom stereocenters. The molecule has 8 heteroatoms. The van der Waals surface area contributed by atoms with Crippen LogP contribution in [0.5, 0.6) is 11.5 Å². The standard InChI is InChI=1S/C24H30N2O5S/c1-4-6-20-9-12-22(23(17-20)30-3)31-18-24(27)25-13-5-14-26(16-15-25)32(28,29)21-10-7-19(2)8-11-21/h4,7-12,17H,1,5-6,13-16,18H2,2-3H3. The van der Waals surface area contributed by atoms with E-state index in [1.54, 1.807) is 48.4 Å². The summed E-state index contributed by atoms with van der Waals surface area (Å²) >= 11 is 0. The van der Waals surface area contributed by atoms with Crippen molar-refractivity contribution in [1.82, 2.24) is 9.21 Å². The summed E-state index contributed by atoms with van der Waals surface area (Å²) in [6, 6.07) is 12.4. The Bertz CT molecular complexity index is 1050. The average molecular weight is 459 g/mol. The summed E-state index contributed by atoms with van der Waals surface area (Å²) in [6.07, 6.45) is 3.09. The quantitative estimate of drug-likeness (QED) is 0.569. The molecular formula is C24H30N2O5S. The second-order valence-corrected chi connectivity index (χ2v) is 9.66. The minimum Gasteiger partial charge on any atom is -0.493 e. The third-order valence-corrected chi connectivity index (χ3v) is 7.34. The van der Waals surface area contributed by atoms with Gasteiger partial charge < -0.3 is 14.4 Å². The van der Waals surface area contributed by atoms with Gasteiger partial charge in [0.1, 0.15) is 0 Å². The van der Waals surface area contributed by atoms with Gasteiger partial charge in [0.05, 0.1) is 12.0 Å². The first-order valence-electron chi connectivity index (χ1n) is 10.6. The van der Waals surface area contributed by atoms with Gasteiger partial charge in [-0.3, -0.25) is 4.79 Å². The van der Waals surface area contributed by atoms with Crippen molar-refractivity contribution in [1.29, 1.82) is 0 Å². The SMILES string of the molecule is C=CCc1ccc(OCC(=O)N2CCCN(S(=O)(=O)c3ccc(C)cc3)CC2)c(OC)c1. The van der Waals surface area contributed by atoms with Crippen LogP contribution in [0.15, 0.2) is 60.0 Å². The van der Waals surface area contributed by atoms with Crippen molar-refractivity contribution in [2.24, 2.45) is 0 Å². The van der Waals surface area contributed by atoms with E-state index in [1.807, 2.05) is 19.1 Å². The van der Waals surface area contributed by atoms with Crippen molar-refractivity contribution in [3.8, 4) is 11.5 Å². The normalized spacial score (nSPS) is 15.1. The molecule has 0 radical (unpaired) electrons. The lowest BCUT2D eigenvalue weighted by atomic mass is 10.1. The Morgan fingerprint density at radius 1 is 1.06 bits per heavy atom. The fraction of sp³-hybridized carbons (Fsp3) is 0.375. The number of amides is 1. The van der Waals surface area contributed by atoms with Gasteiger partial charge in [-0.1, -0.05) is 29.8 Å². The molecule has 0 aromatic heterocycles. The highest BCUT2D eigenvalue weighted by molar-refractivity contribution is 7.89. The zero-order chi connectivity index (χ0) is 23.1. The van der Waals surface area contributed by atoms with Crippen LogP contribution in [0, 0.1) is 6.92 Å². The molecule has 2 aromatic carbocycles. The van der Waals surface area contributed by atoms with Gasteiger partial charge in [-0.05, 0) is 49.6 Å². The summed E-state index contributed by atoms with van der Waals surface area (Å²) in [5.74, 6) is 0.868. The number of ether oxygens (including phenoxy) is 2. The second kappa shape index (κ2) is 10.7. The molecule has 32 heavy (non-hydrogen) atoms. The fourth-order valence-corrected chi connectivity index (χ4v) is 5.07. The lowest BCUT2D eigenvalue weighted by molar-refractivity contribution is -0.133. The summed E-state index contributed by atoms with van der Waals surface area (Å²) in [5, 5.41) is 0. The molecule has 1 fully saturated rings. The number of rotatable bonds is 8. The molecule has 1 aliphatic rings. The maximum absolute atomic E-state index is 13.0. The maximum Gasteiger partial charge on any atom is 0.260 e. The van der Waals surface area contributed by atoms with Gasteiger partial charge in [0.25, 0.3) is 5.91 Å². The molecular weight excluding hydrogens is 428 g/mol. The van der Waals surface area contributed by atoms with E-state index >= 15 is 0 Å². The predicted octanol–water partition coefficient (Wildman–Crippen LogP) is 3.03. The predicted molar refractivity (Wildman–Crippen MR) is 124 cm³/mol. The molecule has 172 valence electrons. The van der Waals surface area contributed by atoms with E-state index in [0.717, 1.165) is 11.1 Å². The zero-order valence-corrected chi connectivity index (χ0v) is 19.4. The van der Waals surface area contributed by atoms with Crippen LogP contribution in [-0.4, -0.2) is 63.4 Å². The summed E-state index contributed by atoms with van der Waals surface area (Å²) in [5.41, 5.74) is 2.04. The molecule has 0 saturated carbocycles. The Kier molecular flexibility index (Phi) is 7.93. The van der Waals surface area contributed by atoms with Gasteiger partial charge in [-0.25, -0.2) is 8.42 Å². The lowest BCUT2D eigenvalue weighted by Gasteiger charge is -2.22. The Labute approximate surface area is 190 Å². The number of methoxy groups -OCH3 is 1. The molecule has 1 amide bonds. The Morgan fingerprint density at radius 2 is 1.81 bits per heavy atom. The third-order valence-electron chi connectivity index (χ3n) is 5.43. The van der Waals surface area contributed by atoms with Crippen LogP contribution in [0.4, 0.5) is 0 Å². The Morgan fingerprint density at radius 3 is 2.50 bits per heavy atom. The number of nitrogens with zero attached hydrogens (tertiary/aromatic N) is 2. The Balaban J connectivity index is 1.60. The number of aryl methyl sites for hydroxylation is 1. The minimum atomic E-state index is -3.58. The molecule has 1 saturated heterocycles. The van der Waals surface area contributed by atoms with Crippen molar-refractivity contribution in [2.45, 2.75) is 24.7 Å². The van der Waals surface area contributed by atoms with Gasteiger partial charge in [0.15, 0.2) is 18.1 Å². The molecule has 0 aliphatic carbocycles. The second-order valence-electron chi connectivity index (χ2n) is 7.72. The largest absolute Gasteiger partial charge is 0.493 e. The summed E-state index contributed by atoms with van der Waals surface area (Å²) < 4.78 is 38.5. The summed E-state index contributed by atoms with van der Waals surface area (Å²) in [6.45, 7) is 6.94. The zero-order valence-electron chi connectivity index (χ0n) is 18.6. The number of sulfonamides is 1. The van der Waals surface area contributed by atoms with E-state index in [-0.39, 0.29) is 24.0 Å². The van der Waals surface area contributed by atoms with Crippen molar-refractivity contribution in [2.75, 3.05) is 39.9 Å². The number of benzene rings is 2. The highest BCUT2D eigenvalue weighted by atomic mass is 32.2. The van der Waals surface area contributed by atoms with Gasteiger partial charge >= 0.3 is 0 Å². The molecule has 1 aliphatic heterocycles. The van der Waals surface area contributed by atoms with E-state index in [9.17, 15) is 13.2 Å². The van der Waals surface area contributed by atoms with Gasteiger partial charge in [-0.15, -0.1) is 6.58 Å². The maximum atomic E-state index is 13.0. The lowest BCUT2D eigenvalue weighted by Crippen LogP contribution is -2.39. The molecule has 0 bridgehead atoms. The van der Waals surface area contributed by atoms with Crippen LogP contribution in [0.3, 0.4) is 0 Å². The van der Waals surface area contributed by atoms with Crippen molar-refractivity contribution in [3.63, 3.8) is 0 Å².